The lowest BCUT2D eigenvalue weighted by molar-refractivity contribution is 0.0526. The predicted molar refractivity (Wildman–Crippen MR) is 84.3 cm³/mol. The van der Waals surface area contributed by atoms with Gasteiger partial charge in [0.1, 0.15) is 0 Å². The van der Waals surface area contributed by atoms with E-state index in [1.54, 1.807) is 31.2 Å². The van der Waals surface area contributed by atoms with E-state index in [0.29, 0.717) is 17.9 Å². The zero-order valence-corrected chi connectivity index (χ0v) is 12.7. The maximum Gasteiger partial charge on any atom is 0.338 e. The van der Waals surface area contributed by atoms with E-state index in [4.69, 9.17) is 4.74 Å². The van der Waals surface area contributed by atoms with Crippen LogP contribution in [0.2, 0.25) is 0 Å². The first-order chi connectivity index (χ1) is 11.1. The molecule has 1 heterocycles. The van der Waals surface area contributed by atoms with E-state index in [1.807, 2.05) is 0 Å². The van der Waals surface area contributed by atoms with E-state index >= 15 is 0 Å². The van der Waals surface area contributed by atoms with E-state index in [0.717, 1.165) is 17.5 Å². The number of hydrogen-bond donors (Lipinski definition) is 2. The number of carbonyl (C=O) groups is 1. The van der Waals surface area contributed by atoms with Gasteiger partial charge in [-0.25, -0.2) is 4.79 Å². The summed E-state index contributed by atoms with van der Waals surface area (Å²) in [4.78, 5) is 11.7. The molecule has 2 aliphatic rings. The minimum Gasteiger partial charge on any atom is -0.494 e. The van der Waals surface area contributed by atoms with Crippen LogP contribution in [0.3, 0.4) is 0 Å². The smallest absolute Gasteiger partial charge is 0.338 e. The van der Waals surface area contributed by atoms with Crippen molar-refractivity contribution in [2.45, 2.75) is 25.2 Å². The van der Waals surface area contributed by atoms with Gasteiger partial charge in [0.2, 0.25) is 11.8 Å². The van der Waals surface area contributed by atoms with Gasteiger partial charge in [-0.05, 0) is 37.6 Å². The third kappa shape index (κ3) is 1.89. The molecule has 2 aromatic rings. The van der Waals surface area contributed by atoms with Crippen molar-refractivity contribution in [1.29, 1.82) is 0 Å². The van der Waals surface area contributed by atoms with Crippen LogP contribution < -0.4 is 0 Å². The standard InChI is InChI=1S/C18H17NO4/c1-2-23-18(22)10-5-7-13(8-6-10)19-16(20)14-11-3-4-12(9-11)15(14)17(19)21/h3-8,11-12,20-21H,2,9H2,1H3. The number of rotatable bonds is 3. The van der Waals surface area contributed by atoms with E-state index in [-0.39, 0.29) is 29.6 Å². The highest BCUT2D eigenvalue weighted by molar-refractivity contribution is 5.89. The monoisotopic (exact) mass is 311 g/mol. The highest BCUT2D eigenvalue weighted by atomic mass is 16.5. The van der Waals surface area contributed by atoms with Crippen LogP contribution in [0.15, 0.2) is 36.4 Å². The Kier molecular flexibility index (Phi) is 2.98. The quantitative estimate of drug-likeness (QED) is 0.674. The number of esters is 1. The lowest BCUT2D eigenvalue weighted by atomic mass is 10.0. The van der Waals surface area contributed by atoms with E-state index in [1.165, 1.54) is 4.57 Å². The van der Waals surface area contributed by atoms with Crippen LogP contribution in [0.4, 0.5) is 0 Å². The molecule has 2 atom stereocenters. The number of aromatic hydroxyl groups is 2. The molecule has 0 amide bonds. The molecule has 5 heteroatoms. The summed E-state index contributed by atoms with van der Waals surface area (Å²) in [5.41, 5.74) is 2.70. The Labute approximate surface area is 133 Å². The Morgan fingerprint density at radius 1 is 1.13 bits per heavy atom. The molecule has 2 unspecified atom stereocenters. The summed E-state index contributed by atoms with van der Waals surface area (Å²) in [7, 11) is 0. The van der Waals surface area contributed by atoms with Crippen molar-refractivity contribution < 1.29 is 19.7 Å². The number of hydrogen-bond acceptors (Lipinski definition) is 4. The summed E-state index contributed by atoms with van der Waals surface area (Å²) in [6, 6.07) is 6.64. The first-order valence-corrected chi connectivity index (χ1v) is 7.74. The average molecular weight is 311 g/mol. The van der Waals surface area contributed by atoms with Gasteiger partial charge in [-0.15, -0.1) is 0 Å². The van der Waals surface area contributed by atoms with Gasteiger partial charge in [0.25, 0.3) is 0 Å². The second kappa shape index (κ2) is 4.91. The van der Waals surface area contributed by atoms with Crippen molar-refractivity contribution in [2.24, 2.45) is 0 Å². The van der Waals surface area contributed by atoms with Crippen LogP contribution in [0.5, 0.6) is 11.8 Å². The van der Waals surface area contributed by atoms with Gasteiger partial charge in [0.05, 0.1) is 17.9 Å². The fourth-order valence-electron chi connectivity index (χ4n) is 3.65. The minimum absolute atomic E-state index is 0.0817. The van der Waals surface area contributed by atoms with Crippen molar-refractivity contribution in [3.63, 3.8) is 0 Å². The summed E-state index contributed by atoms with van der Waals surface area (Å²) in [5, 5.41) is 21.1. The number of aromatic nitrogens is 1. The van der Waals surface area contributed by atoms with Crippen LogP contribution >= 0.6 is 0 Å². The third-order valence-electron chi connectivity index (χ3n) is 4.66. The predicted octanol–water partition coefficient (Wildman–Crippen LogP) is 3.21. The van der Waals surface area contributed by atoms with Gasteiger partial charge in [0.15, 0.2) is 0 Å². The molecular weight excluding hydrogens is 294 g/mol. The average Bonchev–Trinajstić information content (AvgIpc) is 3.22. The molecule has 118 valence electrons. The summed E-state index contributed by atoms with van der Waals surface area (Å²) < 4.78 is 6.39. The maximum atomic E-state index is 11.7. The zero-order chi connectivity index (χ0) is 16.1. The molecule has 2 N–H and O–H groups in total. The lowest BCUT2D eigenvalue weighted by Gasteiger charge is -2.10. The van der Waals surface area contributed by atoms with E-state index in [2.05, 4.69) is 12.2 Å². The number of fused-ring (bicyclic) bond motifs is 5. The fourth-order valence-corrected chi connectivity index (χ4v) is 3.65. The van der Waals surface area contributed by atoms with Gasteiger partial charge in [0, 0.05) is 23.0 Å². The Morgan fingerprint density at radius 3 is 2.22 bits per heavy atom. The minimum atomic E-state index is -0.385. The molecule has 0 radical (unpaired) electrons. The number of benzene rings is 1. The summed E-state index contributed by atoms with van der Waals surface area (Å²) in [6.07, 6.45) is 5.09. The molecule has 2 bridgehead atoms. The van der Waals surface area contributed by atoms with E-state index < -0.39 is 0 Å². The molecule has 0 saturated heterocycles. The first-order valence-electron chi connectivity index (χ1n) is 7.74. The van der Waals surface area contributed by atoms with Crippen LogP contribution in [0.1, 0.15) is 46.7 Å². The first kappa shape index (κ1) is 13.9. The summed E-state index contributed by atoms with van der Waals surface area (Å²) in [6.45, 7) is 2.08. The van der Waals surface area contributed by atoms with Crippen molar-refractivity contribution >= 4 is 5.97 Å². The molecule has 1 aromatic carbocycles. The molecular formula is C18H17NO4. The number of nitrogens with zero attached hydrogens (tertiary/aromatic N) is 1. The van der Waals surface area contributed by atoms with E-state index in [9.17, 15) is 15.0 Å². The highest BCUT2D eigenvalue weighted by Crippen LogP contribution is 2.57. The molecule has 0 spiro atoms. The van der Waals surface area contributed by atoms with Gasteiger partial charge in [-0.1, -0.05) is 12.2 Å². The Bertz CT molecular complexity index is 781. The topological polar surface area (TPSA) is 71.7 Å². The normalized spacial score (nSPS) is 20.7. The van der Waals surface area contributed by atoms with Crippen molar-refractivity contribution in [2.75, 3.05) is 6.61 Å². The second-order valence-electron chi connectivity index (χ2n) is 5.91. The van der Waals surface area contributed by atoms with Gasteiger partial charge in [-0.3, -0.25) is 4.57 Å². The van der Waals surface area contributed by atoms with Crippen molar-refractivity contribution in [3.05, 3.63) is 53.1 Å². The Morgan fingerprint density at radius 2 is 1.70 bits per heavy atom. The molecule has 0 fully saturated rings. The lowest BCUT2D eigenvalue weighted by Crippen LogP contribution is -2.04. The van der Waals surface area contributed by atoms with Gasteiger partial charge >= 0.3 is 5.97 Å². The van der Waals surface area contributed by atoms with Crippen molar-refractivity contribution in [1.82, 2.24) is 4.57 Å². The van der Waals surface area contributed by atoms with Crippen LogP contribution in [0.25, 0.3) is 5.69 Å². The van der Waals surface area contributed by atoms with Crippen LogP contribution in [-0.2, 0) is 4.74 Å². The Balaban J connectivity index is 1.74. The third-order valence-corrected chi connectivity index (χ3v) is 4.66. The van der Waals surface area contributed by atoms with Crippen LogP contribution in [0, 0.1) is 0 Å². The molecule has 23 heavy (non-hydrogen) atoms. The molecule has 0 saturated carbocycles. The molecule has 4 rings (SSSR count). The fraction of sp³-hybridized carbons (Fsp3) is 0.278. The van der Waals surface area contributed by atoms with Crippen LogP contribution in [-0.4, -0.2) is 27.4 Å². The largest absolute Gasteiger partial charge is 0.494 e. The number of allylic oxidation sites excluding steroid dienone is 2. The highest BCUT2D eigenvalue weighted by Gasteiger charge is 2.41. The molecule has 5 nitrogen and oxygen atoms in total. The molecule has 0 aliphatic heterocycles. The number of carbonyl (C=O) groups excluding carboxylic acids is 1. The molecule has 2 aliphatic carbocycles. The summed E-state index contributed by atoms with van der Waals surface area (Å²) in [5.74, 6) is 0.142. The second-order valence-corrected chi connectivity index (χ2v) is 5.91. The zero-order valence-electron chi connectivity index (χ0n) is 12.7. The summed E-state index contributed by atoms with van der Waals surface area (Å²) >= 11 is 0. The Hall–Kier alpha value is -2.69. The number of ether oxygens (including phenoxy) is 1. The molecule has 1 aromatic heterocycles. The van der Waals surface area contributed by atoms with Gasteiger partial charge < -0.3 is 14.9 Å². The SMILES string of the molecule is CCOC(=O)c1ccc(-n2c(O)c3c(c2O)C2C=CC3C2)cc1. The van der Waals surface area contributed by atoms with Gasteiger partial charge in [-0.2, -0.15) is 0 Å². The van der Waals surface area contributed by atoms with Crippen molar-refractivity contribution in [3.8, 4) is 17.4 Å². The maximum absolute atomic E-state index is 11.7.